The van der Waals surface area contributed by atoms with E-state index in [9.17, 15) is 5.11 Å². The van der Waals surface area contributed by atoms with Crippen LogP contribution in [0.3, 0.4) is 0 Å². The van der Waals surface area contributed by atoms with Crippen LogP contribution in [0, 0.1) is 0 Å². The minimum atomic E-state index is -0.596. The highest BCUT2D eigenvalue weighted by molar-refractivity contribution is 9.10. The van der Waals surface area contributed by atoms with Gasteiger partial charge in [-0.15, -0.1) is 0 Å². The number of ether oxygens (including phenoxy) is 1. The Balaban J connectivity index is 2.25. The van der Waals surface area contributed by atoms with E-state index in [2.05, 4.69) is 31.9 Å². The molecule has 1 N–H and O–H groups in total. The average molecular weight is 386 g/mol. The largest absolute Gasteiger partial charge is 0.496 e. The van der Waals surface area contributed by atoms with Crippen molar-refractivity contribution in [3.63, 3.8) is 0 Å². The van der Waals surface area contributed by atoms with Gasteiger partial charge in [0, 0.05) is 20.9 Å². The first-order chi connectivity index (χ1) is 9.11. The summed E-state index contributed by atoms with van der Waals surface area (Å²) in [6.45, 7) is 0. The lowest BCUT2D eigenvalue weighted by Crippen LogP contribution is -2.04. The maximum Gasteiger partial charge on any atom is 0.125 e. The van der Waals surface area contributed by atoms with E-state index in [0.29, 0.717) is 12.2 Å². The van der Waals surface area contributed by atoms with Crippen molar-refractivity contribution in [2.24, 2.45) is 0 Å². The molecule has 1 unspecified atom stereocenters. The number of benzene rings is 2. The van der Waals surface area contributed by atoms with E-state index >= 15 is 0 Å². The van der Waals surface area contributed by atoms with E-state index in [1.54, 1.807) is 7.11 Å². The standard InChI is InChI=1S/C15H14Br2O2/c1-19-15-9-11(16)6-7-12(15)14(18)8-10-4-2-3-5-13(10)17/h2-7,9,14,18H,8H2,1H3. The molecule has 0 aliphatic heterocycles. The number of hydrogen-bond acceptors (Lipinski definition) is 2. The summed E-state index contributed by atoms with van der Waals surface area (Å²) in [7, 11) is 1.61. The van der Waals surface area contributed by atoms with Crippen molar-refractivity contribution in [3.8, 4) is 5.75 Å². The third kappa shape index (κ3) is 3.59. The van der Waals surface area contributed by atoms with Gasteiger partial charge in [0.25, 0.3) is 0 Å². The molecule has 0 aliphatic rings. The number of aliphatic hydroxyl groups is 1. The van der Waals surface area contributed by atoms with Gasteiger partial charge in [-0.3, -0.25) is 0 Å². The Bertz CT molecular complexity index is 570. The molecule has 0 fully saturated rings. The maximum absolute atomic E-state index is 10.4. The summed E-state index contributed by atoms with van der Waals surface area (Å²) < 4.78 is 7.25. The second kappa shape index (κ2) is 6.55. The highest BCUT2D eigenvalue weighted by Gasteiger charge is 2.15. The van der Waals surface area contributed by atoms with Gasteiger partial charge in [0.2, 0.25) is 0 Å². The molecule has 0 aromatic heterocycles. The monoisotopic (exact) mass is 384 g/mol. The molecule has 19 heavy (non-hydrogen) atoms. The van der Waals surface area contributed by atoms with Gasteiger partial charge in [-0.1, -0.05) is 56.1 Å². The van der Waals surface area contributed by atoms with E-state index in [4.69, 9.17) is 4.74 Å². The summed E-state index contributed by atoms with van der Waals surface area (Å²) in [5, 5.41) is 10.4. The molecule has 1 atom stereocenters. The summed E-state index contributed by atoms with van der Waals surface area (Å²) in [6, 6.07) is 13.5. The molecule has 0 saturated heterocycles. The molecule has 4 heteroatoms. The zero-order valence-corrected chi connectivity index (χ0v) is 13.6. The Morgan fingerprint density at radius 3 is 2.58 bits per heavy atom. The molecule has 2 aromatic rings. The van der Waals surface area contributed by atoms with Crippen LogP contribution < -0.4 is 4.74 Å². The fourth-order valence-electron chi connectivity index (χ4n) is 1.94. The molecule has 0 bridgehead atoms. The Kier molecular flexibility index (Phi) is 5.02. The lowest BCUT2D eigenvalue weighted by Gasteiger charge is -2.16. The predicted octanol–water partition coefficient (Wildman–Crippen LogP) is 4.50. The van der Waals surface area contributed by atoms with E-state index in [0.717, 1.165) is 20.1 Å². The summed E-state index contributed by atoms with van der Waals surface area (Å²) in [5.74, 6) is 0.689. The van der Waals surface area contributed by atoms with Crippen LogP contribution in [0.15, 0.2) is 51.4 Å². The summed E-state index contributed by atoms with van der Waals surface area (Å²) >= 11 is 6.89. The zero-order chi connectivity index (χ0) is 13.8. The molecular weight excluding hydrogens is 372 g/mol. The summed E-state index contributed by atoms with van der Waals surface area (Å²) in [4.78, 5) is 0. The molecule has 0 radical (unpaired) electrons. The van der Waals surface area contributed by atoms with Crippen LogP contribution in [0.25, 0.3) is 0 Å². The van der Waals surface area contributed by atoms with Crippen LogP contribution in [0.5, 0.6) is 5.75 Å². The second-order valence-corrected chi connectivity index (χ2v) is 5.97. The molecular formula is C15H14Br2O2. The molecule has 2 rings (SSSR count). The van der Waals surface area contributed by atoms with Gasteiger partial charge in [0.15, 0.2) is 0 Å². The molecule has 0 aliphatic carbocycles. The van der Waals surface area contributed by atoms with Crippen molar-refractivity contribution < 1.29 is 9.84 Å². The lowest BCUT2D eigenvalue weighted by molar-refractivity contribution is 0.174. The maximum atomic E-state index is 10.4. The Morgan fingerprint density at radius 2 is 1.89 bits per heavy atom. The Hall–Kier alpha value is -0.840. The van der Waals surface area contributed by atoms with Crippen LogP contribution >= 0.6 is 31.9 Å². The molecule has 100 valence electrons. The van der Waals surface area contributed by atoms with Crippen LogP contribution in [0.2, 0.25) is 0 Å². The normalized spacial score (nSPS) is 12.2. The Morgan fingerprint density at radius 1 is 1.16 bits per heavy atom. The van der Waals surface area contributed by atoms with Gasteiger partial charge in [-0.25, -0.2) is 0 Å². The minimum Gasteiger partial charge on any atom is -0.496 e. The van der Waals surface area contributed by atoms with Crippen LogP contribution in [-0.4, -0.2) is 12.2 Å². The highest BCUT2D eigenvalue weighted by Crippen LogP contribution is 2.31. The third-order valence-corrected chi connectivity index (χ3v) is 4.19. The van der Waals surface area contributed by atoms with Crippen LogP contribution in [0.4, 0.5) is 0 Å². The van der Waals surface area contributed by atoms with Gasteiger partial charge in [-0.2, -0.15) is 0 Å². The van der Waals surface area contributed by atoms with Gasteiger partial charge >= 0.3 is 0 Å². The van der Waals surface area contributed by atoms with Crippen LogP contribution in [0.1, 0.15) is 17.2 Å². The first-order valence-electron chi connectivity index (χ1n) is 5.86. The molecule has 0 amide bonds. The number of aliphatic hydroxyl groups excluding tert-OH is 1. The first-order valence-corrected chi connectivity index (χ1v) is 7.45. The fraction of sp³-hybridized carbons (Fsp3) is 0.200. The molecule has 0 spiro atoms. The van der Waals surface area contributed by atoms with E-state index in [-0.39, 0.29) is 0 Å². The van der Waals surface area contributed by atoms with Crippen molar-refractivity contribution >= 4 is 31.9 Å². The summed E-state index contributed by atoms with van der Waals surface area (Å²) in [6.07, 6.45) is -0.0545. The number of hydrogen-bond donors (Lipinski definition) is 1. The van der Waals surface area contributed by atoms with Crippen LogP contribution in [-0.2, 0) is 6.42 Å². The van der Waals surface area contributed by atoms with Crippen molar-refractivity contribution in [3.05, 3.63) is 62.5 Å². The fourth-order valence-corrected chi connectivity index (χ4v) is 2.73. The van der Waals surface area contributed by atoms with E-state index in [1.807, 2.05) is 42.5 Å². The van der Waals surface area contributed by atoms with E-state index in [1.165, 1.54) is 0 Å². The smallest absolute Gasteiger partial charge is 0.125 e. The molecule has 2 aromatic carbocycles. The molecule has 2 nitrogen and oxygen atoms in total. The first kappa shape index (κ1) is 14.6. The number of halogens is 2. The van der Waals surface area contributed by atoms with Gasteiger partial charge in [-0.05, 0) is 23.8 Å². The van der Waals surface area contributed by atoms with Crippen molar-refractivity contribution in [2.45, 2.75) is 12.5 Å². The Labute approximate surface area is 129 Å². The second-order valence-electron chi connectivity index (χ2n) is 4.20. The average Bonchev–Trinajstić information content (AvgIpc) is 2.41. The van der Waals surface area contributed by atoms with Crippen molar-refractivity contribution in [1.82, 2.24) is 0 Å². The van der Waals surface area contributed by atoms with Crippen molar-refractivity contribution in [1.29, 1.82) is 0 Å². The van der Waals surface area contributed by atoms with Gasteiger partial charge < -0.3 is 9.84 Å². The minimum absolute atomic E-state index is 0.541. The molecule has 0 heterocycles. The van der Waals surface area contributed by atoms with E-state index < -0.39 is 6.10 Å². The summed E-state index contributed by atoms with van der Waals surface area (Å²) in [5.41, 5.74) is 1.86. The number of methoxy groups -OCH3 is 1. The third-order valence-electron chi connectivity index (χ3n) is 2.93. The van der Waals surface area contributed by atoms with Gasteiger partial charge in [0.1, 0.15) is 5.75 Å². The number of rotatable bonds is 4. The van der Waals surface area contributed by atoms with Crippen molar-refractivity contribution in [2.75, 3.05) is 7.11 Å². The quantitative estimate of drug-likeness (QED) is 0.839. The molecule has 0 saturated carbocycles. The SMILES string of the molecule is COc1cc(Br)ccc1C(O)Cc1ccccc1Br. The van der Waals surface area contributed by atoms with Gasteiger partial charge in [0.05, 0.1) is 13.2 Å². The predicted molar refractivity (Wildman–Crippen MR) is 83.5 cm³/mol. The highest BCUT2D eigenvalue weighted by atomic mass is 79.9. The lowest BCUT2D eigenvalue weighted by atomic mass is 10.0. The zero-order valence-electron chi connectivity index (χ0n) is 10.4. The topological polar surface area (TPSA) is 29.5 Å².